The standard InChI is InChI=1S/2C11H11.C3H6.2ClH.Ti/c2*1-8-6-10-5-3-4-9(2)11(10)7-8;1-3-2;;;/h2*3-7H,1-2H3;1-2H3;2*1H;/q2*-1;;;;+2/p-2. The molecule has 0 bridgehead atoms. The van der Waals surface area contributed by atoms with Crippen LogP contribution >= 0.6 is 0 Å². The second-order valence-electron chi connectivity index (χ2n) is 7.22. The Morgan fingerprint density at radius 2 is 1.00 bits per heavy atom. The zero-order valence-corrected chi connectivity index (χ0v) is 20.6. The smallest absolute Gasteiger partial charge is 0.0488 e. The summed E-state index contributed by atoms with van der Waals surface area (Å²) in [5.41, 5.74) is 5.45. The Morgan fingerprint density at radius 1 is 0.679 bits per heavy atom. The van der Waals surface area contributed by atoms with Crippen molar-refractivity contribution < 1.29 is 44.8 Å². The van der Waals surface area contributed by atoms with Crippen molar-refractivity contribution in [3.05, 3.63) is 82.9 Å². The van der Waals surface area contributed by atoms with Crippen molar-refractivity contribution in [3.8, 4) is 0 Å². The minimum Gasteiger partial charge on any atom is -1.00 e. The maximum atomic E-state index is 2.24. The molecule has 0 spiro atoms. The van der Waals surface area contributed by atoms with Crippen molar-refractivity contribution >= 4 is 25.4 Å². The molecule has 0 aliphatic carbocycles. The van der Waals surface area contributed by atoms with Crippen molar-refractivity contribution in [1.29, 1.82) is 0 Å². The summed E-state index contributed by atoms with van der Waals surface area (Å²) in [6, 6.07) is 21.8. The van der Waals surface area contributed by atoms with Gasteiger partial charge in [0.2, 0.25) is 0 Å². The quantitative estimate of drug-likeness (QED) is 0.280. The van der Waals surface area contributed by atoms with Crippen LogP contribution in [0.5, 0.6) is 0 Å². The Hall–Kier alpha value is -1.18. The van der Waals surface area contributed by atoms with Crippen molar-refractivity contribution in [3.63, 3.8) is 0 Å². The summed E-state index contributed by atoms with van der Waals surface area (Å²) < 4.78 is 1.42. The van der Waals surface area contributed by atoms with E-state index in [-0.39, 0.29) is 24.8 Å². The number of rotatable bonds is 0. The topological polar surface area (TPSA) is 0 Å². The molecular formula is C25H28Cl2Ti-2. The first-order valence-corrected chi connectivity index (χ1v) is 9.83. The van der Waals surface area contributed by atoms with Crippen LogP contribution < -0.4 is 24.8 Å². The Balaban J connectivity index is 0.000000415. The largest absolute Gasteiger partial charge is 1.00 e. The van der Waals surface area contributed by atoms with Gasteiger partial charge in [-0.1, -0.05) is 37.1 Å². The molecule has 0 aromatic heterocycles. The van der Waals surface area contributed by atoms with E-state index >= 15 is 0 Å². The van der Waals surface area contributed by atoms with Gasteiger partial charge in [0.25, 0.3) is 0 Å². The van der Waals surface area contributed by atoms with Gasteiger partial charge in [-0.25, -0.2) is 0 Å². The van der Waals surface area contributed by atoms with Crippen molar-refractivity contribution in [1.82, 2.24) is 0 Å². The Morgan fingerprint density at radius 3 is 1.29 bits per heavy atom. The average molecular weight is 447 g/mol. The van der Waals surface area contributed by atoms with Gasteiger partial charge < -0.3 is 24.8 Å². The van der Waals surface area contributed by atoms with Crippen LogP contribution in [0.4, 0.5) is 0 Å². The van der Waals surface area contributed by atoms with E-state index in [9.17, 15) is 0 Å². The minimum absolute atomic E-state index is 0. The third-order valence-electron chi connectivity index (χ3n) is 4.23. The molecular weight excluding hydrogens is 419 g/mol. The first-order valence-electron chi connectivity index (χ1n) is 9.05. The Labute approximate surface area is 193 Å². The fourth-order valence-electron chi connectivity index (χ4n) is 3.08. The van der Waals surface area contributed by atoms with Crippen LogP contribution in [0.25, 0.3) is 21.5 Å². The van der Waals surface area contributed by atoms with Crippen LogP contribution in [-0.2, 0) is 20.0 Å². The molecule has 0 heterocycles. The molecule has 4 aromatic carbocycles. The van der Waals surface area contributed by atoms with Crippen LogP contribution in [-0.4, -0.2) is 3.81 Å². The second-order valence-corrected chi connectivity index (χ2v) is 8.78. The van der Waals surface area contributed by atoms with Gasteiger partial charge in [-0.3, -0.25) is 0 Å². The van der Waals surface area contributed by atoms with E-state index in [1.165, 1.54) is 47.6 Å². The predicted octanol–water partition coefficient (Wildman–Crippen LogP) is 1.10. The summed E-state index contributed by atoms with van der Waals surface area (Å²) in [6.45, 7) is 12.8. The molecule has 0 saturated heterocycles. The molecule has 0 nitrogen and oxygen atoms in total. The SMILES string of the molecule is C[C](C)=[Ti+2].Cc1cc2c(C)cccc2[cH-]1.Cc1cc2c(C)cccc2[cH-]1.[Cl-].[Cl-]. The average Bonchev–Trinajstić information content (AvgIpc) is 3.11. The number of benzene rings is 2. The maximum absolute atomic E-state index is 2.24. The van der Waals surface area contributed by atoms with Crippen LogP contribution in [0, 0.1) is 27.7 Å². The van der Waals surface area contributed by atoms with Gasteiger partial charge in [-0.2, -0.15) is 12.1 Å². The summed E-state index contributed by atoms with van der Waals surface area (Å²) >= 11 is 2.08. The summed E-state index contributed by atoms with van der Waals surface area (Å²) in [5, 5.41) is 5.51. The normalized spacial score (nSPS) is 9.43. The molecule has 3 heteroatoms. The van der Waals surface area contributed by atoms with Crippen molar-refractivity contribution in [2.24, 2.45) is 0 Å². The van der Waals surface area contributed by atoms with Gasteiger partial charge in [-0.15, -0.1) is 69.1 Å². The zero-order valence-electron chi connectivity index (χ0n) is 17.5. The summed E-state index contributed by atoms with van der Waals surface area (Å²) in [4.78, 5) is 0. The number of aryl methyl sites for hydroxylation is 4. The van der Waals surface area contributed by atoms with Gasteiger partial charge >= 0.3 is 37.6 Å². The van der Waals surface area contributed by atoms with Crippen LogP contribution in [0.15, 0.2) is 60.7 Å². The molecule has 148 valence electrons. The van der Waals surface area contributed by atoms with Crippen molar-refractivity contribution in [2.45, 2.75) is 41.5 Å². The summed E-state index contributed by atoms with van der Waals surface area (Å²) in [7, 11) is 0. The summed E-state index contributed by atoms with van der Waals surface area (Å²) in [5.74, 6) is 0. The van der Waals surface area contributed by atoms with Crippen molar-refractivity contribution in [2.75, 3.05) is 0 Å². The fraction of sp³-hybridized carbons (Fsp3) is 0.240. The molecule has 28 heavy (non-hydrogen) atoms. The number of halogens is 2. The third kappa shape index (κ3) is 7.68. The van der Waals surface area contributed by atoms with E-state index in [0.717, 1.165) is 0 Å². The maximum Gasteiger partial charge on any atom is -0.0488 e. The first-order chi connectivity index (χ1) is 12.3. The van der Waals surface area contributed by atoms with Gasteiger partial charge in [0.05, 0.1) is 0 Å². The molecule has 0 fully saturated rings. The second kappa shape index (κ2) is 12.4. The van der Waals surface area contributed by atoms with Gasteiger partial charge in [0.1, 0.15) is 0 Å². The molecule has 0 amide bonds. The van der Waals surface area contributed by atoms with Gasteiger partial charge in [-0.05, 0) is 13.8 Å². The minimum atomic E-state index is 0. The summed E-state index contributed by atoms with van der Waals surface area (Å²) in [6.07, 6.45) is 0. The van der Waals surface area contributed by atoms with E-state index in [1.807, 2.05) is 0 Å². The fourth-order valence-corrected chi connectivity index (χ4v) is 3.08. The molecule has 0 atom stereocenters. The predicted molar refractivity (Wildman–Crippen MR) is 114 cm³/mol. The molecule has 4 rings (SSSR count). The molecule has 0 aliphatic heterocycles. The Bertz CT molecular complexity index is 940. The third-order valence-corrected chi connectivity index (χ3v) is 4.23. The Kier molecular flexibility index (Phi) is 11.9. The molecule has 0 unspecified atom stereocenters. The molecule has 0 radical (unpaired) electrons. The zero-order chi connectivity index (χ0) is 19.3. The number of hydrogen-bond acceptors (Lipinski definition) is 0. The van der Waals surface area contributed by atoms with E-state index in [0.29, 0.717) is 0 Å². The van der Waals surface area contributed by atoms with E-state index < -0.39 is 0 Å². The van der Waals surface area contributed by atoms with E-state index in [2.05, 4.69) is 122 Å². The van der Waals surface area contributed by atoms with Gasteiger partial charge in [0, 0.05) is 0 Å². The first kappa shape index (κ1) is 26.8. The number of fused-ring (bicyclic) bond motifs is 2. The monoisotopic (exact) mass is 446 g/mol. The molecule has 0 aliphatic rings. The van der Waals surface area contributed by atoms with E-state index in [1.54, 1.807) is 0 Å². The molecule has 4 aromatic rings. The van der Waals surface area contributed by atoms with Crippen LogP contribution in [0.2, 0.25) is 0 Å². The van der Waals surface area contributed by atoms with Crippen LogP contribution in [0.3, 0.4) is 0 Å². The molecule has 0 saturated carbocycles. The molecule has 0 N–H and O–H groups in total. The van der Waals surface area contributed by atoms with Crippen LogP contribution in [0.1, 0.15) is 36.1 Å². The number of hydrogen-bond donors (Lipinski definition) is 0. The van der Waals surface area contributed by atoms with E-state index in [4.69, 9.17) is 0 Å². The van der Waals surface area contributed by atoms with Gasteiger partial charge in [0.15, 0.2) is 0 Å².